The van der Waals surface area contributed by atoms with Crippen molar-refractivity contribution < 1.29 is 4.79 Å². The van der Waals surface area contributed by atoms with E-state index < -0.39 is 0 Å². The monoisotopic (exact) mass is 429 g/mol. The van der Waals surface area contributed by atoms with Crippen LogP contribution in [-0.4, -0.2) is 74.0 Å². The van der Waals surface area contributed by atoms with Crippen molar-refractivity contribution in [3.05, 3.63) is 54.6 Å². The lowest BCUT2D eigenvalue weighted by Gasteiger charge is -2.32. The first-order valence-electron chi connectivity index (χ1n) is 10.4. The Bertz CT molecular complexity index is 1280. The maximum atomic E-state index is 12.8. The van der Waals surface area contributed by atoms with E-state index in [0.717, 1.165) is 48.2 Å². The number of likely N-dealkylation sites (N-methyl/N-ethyl adjacent to an activating group) is 1. The Kier molecular flexibility index (Phi) is 5.20. The fourth-order valence-electron chi connectivity index (χ4n) is 3.67. The Labute approximate surface area is 184 Å². The van der Waals surface area contributed by atoms with E-state index in [1.54, 1.807) is 16.9 Å². The van der Waals surface area contributed by atoms with Gasteiger partial charge in [0.25, 0.3) is 5.91 Å². The van der Waals surface area contributed by atoms with E-state index >= 15 is 0 Å². The average molecular weight is 429 g/mol. The van der Waals surface area contributed by atoms with Crippen LogP contribution in [0.15, 0.2) is 48.9 Å². The number of aryl methyl sites for hydroxylation is 1. The third-order valence-corrected chi connectivity index (χ3v) is 5.53. The fraction of sp³-hybridized carbons (Fsp3) is 0.273. The van der Waals surface area contributed by atoms with Gasteiger partial charge in [0.2, 0.25) is 5.95 Å². The second kappa shape index (κ2) is 8.31. The third kappa shape index (κ3) is 4.12. The molecule has 0 spiro atoms. The molecule has 1 aromatic carbocycles. The summed E-state index contributed by atoms with van der Waals surface area (Å²) in [5.74, 6) is 0.585. The summed E-state index contributed by atoms with van der Waals surface area (Å²) in [5.41, 5.74) is 3.06. The van der Waals surface area contributed by atoms with Gasteiger partial charge in [0.15, 0.2) is 5.82 Å². The SMILES string of the molecule is CN1CCN(c2nccc(C(=O)Nc3cc4cc(-c5cnn(C)c5)ccc4nn3)n2)CC1. The van der Waals surface area contributed by atoms with Gasteiger partial charge in [-0.3, -0.25) is 9.48 Å². The van der Waals surface area contributed by atoms with Crippen LogP contribution in [0.1, 0.15) is 10.5 Å². The van der Waals surface area contributed by atoms with Crippen LogP contribution >= 0.6 is 0 Å². The highest BCUT2D eigenvalue weighted by Gasteiger charge is 2.18. The van der Waals surface area contributed by atoms with E-state index in [2.05, 4.69) is 47.4 Å². The predicted octanol–water partition coefficient (Wildman–Crippen LogP) is 1.82. The Morgan fingerprint density at radius 2 is 1.84 bits per heavy atom. The molecule has 0 aliphatic carbocycles. The van der Waals surface area contributed by atoms with Crippen LogP contribution in [0.5, 0.6) is 0 Å². The van der Waals surface area contributed by atoms with E-state index in [1.165, 1.54) is 0 Å². The van der Waals surface area contributed by atoms with Crippen molar-refractivity contribution in [1.82, 2.24) is 34.8 Å². The standard InChI is InChI=1S/C22H23N9O/c1-29-7-9-31(10-8-29)22-23-6-5-19(25-22)21(32)26-20-12-16-11-15(3-4-18(16)27-28-20)17-13-24-30(2)14-17/h3-6,11-14H,7-10H2,1-2H3,(H,26,28,32). The first kappa shape index (κ1) is 20.0. The maximum Gasteiger partial charge on any atom is 0.275 e. The quantitative estimate of drug-likeness (QED) is 0.524. The molecule has 162 valence electrons. The molecule has 1 N–H and O–H groups in total. The number of nitrogens with zero attached hydrogens (tertiary/aromatic N) is 8. The zero-order valence-corrected chi connectivity index (χ0v) is 17.9. The van der Waals surface area contributed by atoms with E-state index in [9.17, 15) is 4.79 Å². The number of carbonyl (C=O) groups is 1. The van der Waals surface area contributed by atoms with Gasteiger partial charge in [0.1, 0.15) is 5.69 Å². The van der Waals surface area contributed by atoms with Crippen molar-refractivity contribution in [2.24, 2.45) is 7.05 Å². The number of benzene rings is 1. The minimum Gasteiger partial charge on any atom is -0.338 e. The second-order valence-electron chi connectivity index (χ2n) is 7.89. The summed E-state index contributed by atoms with van der Waals surface area (Å²) in [7, 11) is 3.97. The highest BCUT2D eigenvalue weighted by Crippen LogP contribution is 2.24. The van der Waals surface area contributed by atoms with Gasteiger partial charge in [0, 0.05) is 56.6 Å². The van der Waals surface area contributed by atoms with Gasteiger partial charge in [-0.15, -0.1) is 10.2 Å². The number of nitrogens with one attached hydrogen (secondary N) is 1. The summed E-state index contributed by atoms with van der Waals surface area (Å²) in [6.07, 6.45) is 5.37. The molecule has 0 bridgehead atoms. The van der Waals surface area contributed by atoms with E-state index in [4.69, 9.17) is 0 Å². The van der Waals surface area contributed by atoms with Crippen LogP contribution in [0, 0.1) is 0 Å². The lowest BCUT2D eigenvalue weighted by Crippen LogP contribution is -2.45. The van der Waals surface area contributed by atoms with Crippen molar-refractivity contribution in [2.75, 3.05) is 43.4 Å². The highest BCUT2D eigenvalue weighted by atomic mass is 16.2. The number of hydrogen-bond donors (Lipinski definition) is 1. The van der Waals surface area contributed by atoms with Crippen molar-refractivity contribution in [3.63, 3.8) is 0 Å². The zero-order valence-electron chi connectivity index (χ0n) is 17.9. The molecule has 1 aliphatic rings. The molecule has 0 atom stereocenters. The normalized spacial score (nSPS) is 14.6. The van der Waals surface area contributed by atoms with E-state index in [1.807, 2.05) is 43.7 Å². The van der Waals surface area contributed by atoms with Gasteiger partial charge in [-0.25, -0.2) is 9.97 Å². The minimum atomic E-state index is -0.347. The van der Waals surface area contributed by atoms with Gasteiger partial charge >= 0.3 is 0 Å². The zero-order chi connectivity index (χ0) is 22.1. The number of aromatic nitrogens is 6. The van der Waals surface area contributed by atoms with Crippen LogP contribution in [0.3, 0.4) is 0 Å². The van der Waals surface area contributed by atoms with Crippen molar-refractivity contribution in [1.29, 1.82) is 0 Å². The molecular weight excluding hydrogens is 406 g/mol. The summed E-state index contributed by atoms with van der Waals surface area (Å²) in [6, 6.07) is 9.30. The summed E-state index contributed by atoms with van der Waals surface area (Å²) in [5, 5.41) is 16.3. The van der Waals surface area contributed by atoms with E-state index in [-0.39, 0.29) is 5.91 Å². The van der Waals surface area contributed by atoms with Crippen LogP contribution in [0.4, 0.5) is 11.8 Å². The van der Waals surface area contributed by atoms with Gasteiger partial charge in [0.05, 0.1) is 11.7 Å². The number of rotatable bonds is 4. The van der Waals surface area contributed by atoms with Crippen LogP contribution in [0.2, 0.25) is 0 Å². The molecule has 5 rings (SSSR count). The Balaban J connectivity index is 1.36. The number of anilines is 2. The van der Waals surface area contributed by atoms with Crippen molar-refractivity contribution in [2.45, 2.75) is 0 Å². The lowest BCUT2D eigenvalue weighted by molar-refractivity contribution is 0.102. The maximum absolute atomic E-state index is 12.8. The van der Waals surface area contributed by atoms with Gasteiger partial charge in [-0.1, -0.05) is 6.07 Å². The van der Waals surface area contributed by atoms with Gasteiger partial charge < -0.3 is 15.1 Å². The molecule has 4 aromatic rings. The molecule has 1 aliphatic heterocycles. The van der Waals surface area contributed by atoms with Gasteiger partial charge in [-0.2, -0.15) is 5.10 Å². The molecule has 1 saturated heterocycles. The Hall–Kier alpha value is -3.92. The second-order valence-corrected chi connectivity index (χ2v) is 7.89. The molecular formula is C22H23N9O. The van der Waals surface area contributed by atoms with Crippen LogP contribution in [0.25, 0.3) is 22.0 Å². The summed E-state index contributed by atoms with van der Waals surface area (Å²) < 4.78 is 1.76. The largest absolute Gasteiger partial charge is 0.338 e. The third-order valence-electron chi connectivity index (χ3n) is 5.53. The summed E-state index contributed by atoms with van der Waals surface area (Å²) >= 11 is 0. The number of fused-ring (bicyclic) bond motifs is 1. The molecule has 32 heavy (non-hydrogen) atoms. The molecule has 3 aromatic heterocycles. The molecule has 0 radical (unpaired) electrons. The van der Waals surface area contributed by atoms with Crippen LogP contribution in [-0.2, 0) is 7.05 Å². The first-order valence-corrected chi connectivity index (χ1v) is 10.4. The van der Waals surface area contributed by atoms with Crippen LogP contribution < -0.4 is 10.2 Å². The minimum absolute atomic E-state index is 0.292. The molecule has 10 nitrogen and oxygen atoms in total. The predicted molar refractivity (Wildman–Crippen MR) is 121 cm³/mol. The van der Waals surface area contributed by atoms with Gasteiger partial charge in [-0.05, 0) is 36.9 Å². The Morgan fingerprint density at radius 3 is 2.62 bits per heavy atom. The summed E-state index contributed by atoms with van der Waals surface area (Å²) in [4.78, 5) is 26.0. The first-order chi connectivity index (χ1) is 15.5. The van der Waals surface area contributed by atoms with E-state index in [0.29, 0.717) is 17.5 Å². The van der Waals surface area contributed by atoms with Crippen molar-refractivity contribution >= 4 is 28.6 Å². The molecule has 1 amide bonds. The number of hydrogen-bond acceptors (Lipinski definition) is 8. The molecule has 0 unspecified atom stereocenters. The molecule has 1 fully saturated rings. The number of amides is 1. The molecule has 10 heteroatoms. The Morgan fingerprint density at radius 1 is 1.00 bits per heavy atom. The highest BCUT2D eigenvalue weighted by molar-refractivity contribution is 6.03. The summed E-state index contributed by atoms with van der Waals surface area (Å²) in [6.45, 7) is 3.54. The lowest BCUT2D eigenvalue weighted by atomic mass is 10.1. The number of piperazine rings is 1. The fourth-order valence-corrected chi connectivity index (χ4v) is 3.67. The molecule has 0 saturated carbocycles. The smallest absolute Gasteiger partial charge is 0.275 e. The van der Waals surface area contributed by atoms with Crippen molar-refractivity contribution in [3.8, 4) is 11.1 Å². The average Bonchev–Trinajstić information content (AvgIpc) is 3.25. The topological polar surface area (TPSA) is 105 Å². The number of carbonyl (C=O) groups excluding carboxylic acids is 1. The molecule has 4 heterocycles.